The zero-order chi connectivity index (χ0) is 13.9. The van der Waals surface area contributed by atoms with Gasteiger partial charge in [0.25, 0.3) is 0 Å². The summed E-state index contributed by atoms with van der Waals surface area (Å²) >= 11 is 0. The van der Waals surface area contributed by atoms with Crippen molar-refractivity contribution >= 4 is 12.0 Å². The lowest BCUT2D eigenvalue weighted by Gasteiger charge is -2.41. The third-order valence-electron chi connectivity index (χ3n) is 4.61. The first-order chi connectivity index (χ1) is 9.04. The first-order valence-electron chi connectivity index (χ1n) is 7.33. The fourth-order valence-corrected chi connectivity index (χ4v) is 3.21. The molecule has 2 fully saturated rings. The van der Waals surface area contributed by atoms with Crippen molar-refractivity contribution in [1.82, 2.24) is 10.2 Å². The smallest absolute Gasteiger partial charge is 0.329 e. The Bertz CT molecular complexity index is 353. The van der Waals surface area contributed by atoms with E-state index in [-0.39, 0.29) is 6.03 Å². The van der Waals surface area contributed by atoms with Crippen LogP contribution < -0.4 is 5.32 Å². The molecule has 1 aliphatic heterocycles. The second-order valence-electron chi connectivity index (χ2n) is 6.02. The number of hydrogen-bond acceptors (Lipinski definition) is 2. The Balaban J connectivity index is 1.93. The molecule has 5 nitrogen and oxygen atoms in total. The zero-order valence-electron chi connectivity index (χ0n) is 11.7. The Morgan fingerprint density at radius 3 is 2.58 bits per heavy atom. The first-order valence-corrected chi connectivity index (χ1v) is 7.33. The Kier molecular flexibility index (Phi) is 4.32. The second kappa shape index (κ2) is 5.80. The zero-order valence-corrected chi connectivity index (χ0v) is 11.7. The molecular formula is C14H24N2O3. The largest absolute Gasteiger partial charge is 0.480 e. The summed E-state index contributed by atoms with van der Waals surface area (Å²) in [7, 11) is 0. The van der Waals surface area contributed by atoms with E-state index in [0.717, 1.165) is 12.8 Å². The van der Waals surface area contributed by atoms with Crippen molar-refractivity contribution in [2.24, 2.45) is 5.92 Å². The van der Waals surface area contributed by atoms with Crippen LogP contribution in [0.15, 0.2) is 0 Å². The number of likely N-dealkylation sites (tertiary alicyclic amines) is 1. The lowest BCUT2D eigenvalue weighted by Crippen LogP contribution is -2.60. The number of rotatable bonds is 3. The van der Waals surface area contributed by atoms with Crippen LogP contribution in [0.5, 0.6) is 0 Å². The average molecular weight is 268 g/mol. The molecule has 0 radical (unpaired) electrons. The number of carbonyl (C=O) groups excluding carboxylic acids is 1. The molecule has 1 atom stereocenters. The van der Waals surface area contributed by atoms with Gasteiger partial charge in [-0.2, -0.15) is 0 Å². The molecule has 0 aromatic heterocycles. The predicted molar refractivity (Wildman–Crippen MR) is 72.0 cm³/mol. The normalized spacial score (nSPS) is 28.4. The molecule has 108 valence electrons. The van der Waals surface area contributed by atoms with Crippen molar-refractivity contribution < 1.29 is 14.7 Å². The summed E-state index contributed by atoms with van der Waals surface area (Å²) in [5.74, 6) is -0.326. The first kappa shape index (κ1) is 14.2. The van der Waals surface area contributed by atoms with Gasteiger partial charge < -0.3 is 15.3 Å². The summed E-state index contributed by atoms with van der Waals surface area (Å²) in [6.07, 6.45) is 7.15. The number of hydrogen-bond donors (Lipinski definition) is 2. The van der Waals surface area contributed by atoms with E-state index < -0.39 is 11.5 Å². The van der Waals surface area contributed by atoms with Gasteiger partial charge in [0.15, 0.2) is 0 Å². The summed E-state index contributed by atoms with van der Waals surface area (Å²) in [5.41, 5.74) is -1.04. The highest BCUT2D eigenvalue weighted by Gasteiger charge is 2.43. The van der Waals surface area contributed by atoms with Crippen molar-refractivity contribution in [3.05, 3.63) is 0 Å². The molecule has 0 aromatic rings. The highest BCUT2D eigenvalue weighted by atomic mass is 16.4. The van der Waals surface area contributed by atoms with Crippen molar-refractivity contribution in [1.29, 1.82) is 0 Å². The van der Waals surface area contributed by atoms with E-state index in [0.29, 0.717) is 25.4 Å². The monoisotopic (exact) mass is 268 g/mol. The van der Waals surface area contributed by atoms with E-state index in [9.17, 15) is 14.7 Å². The van der Waals surface area contributed by atoms with Crippen LogP contribution in [0.25, 0.3) is 0 Å². The number of carboxylic acids is 1. The van der Waals surface area contributed by atoms with Gasteiger partial charge in [-0.25, -0.2) is 9.59 Å². The second-order valence-corrected chi connectivity index (χ2v) is 6.02. The maximum Gasteiger partial charge on any atom is 0.329 e. The Hall–Kier alpha value is -1.26. The molecule has 2 N–H and O–H groups in total. The van der Waals surface area contributed by atoms with Gasteiger partial charge in [0.05, 0.1) is 0 Å². The van der Waals surface area contributed by atoms with Crippen LogP contribution >= 0.6 is 0 Å². The number of nitrogens with zero attached hydrogens (tertiary/aromatic N) is 1. The van der Waals surface area contributed by atoms with E-state index >= 15 is 0 Å². The standard InChI is InChI=1S/C14H24N2O3/c1-14(12(17)18)8-4-5-9-16(14)13(19)15-10-11-6-2-3-7-11/h11H,2-10H2,1H3,(H,15,19)(H,17,18). The minimum Gasteiger partial charge on any atom is -0.480 e. The van der Waals surface area contributed by atoms with Gasteiger partial charge in [0.2, 0.25) is 0 Å². The van der Waals surface area contributed by atoms with Gasteiger partial charge in [-0.05, 0) is 44.9 Å². The van der Waals surface area contributed by atoms with E-state index in [1.54, 1.807) is 6.92 Å². The number of piperidine rings is 1. The number of urea groups is 1. The van der Waals surface area contributed by atoms with E-state index in [1.165, 1.54) is 30.6 Å². The van der Waals surface area contributed by atoms with Gasteiger partial charge >= 0.3 is 12.0 Å². The summed E-state index contributed by atoms with van der Waals surface area (Å²) in [5, 5.41) is 12.3. The molecule has 1 saturated carbocycles. The van der Waals surface area contributed by atoms with Crippen molar-refractivity contribution in [3.8, 4) is 0 Å². The molecule has 2 rings (SSSR count). The molecule has 1 saturated heterocycles. The molecule has 1 unspecified atom stereocenters. The molecule has 0 bridgehead atoms. The van der Waals surface area contributed by atoms with E-state index in [4.69, 9.17) is 0 Å². The molecule has 1 aliphatic carbocycles. The molecule has 19 heavy (non-hydrogen) atoms. The number of amides is 2. The van der Waals surface area contributed by atoms with Gasteiger partial charge in [0.1, 0.15) is 5.54 Å². The molecule has 0 aromatic carbocycles. The number of carbonyl (C=O) groups is 2. The Labute approximate surface area is 114 Å². The summed E-state index contributed by atoms with van der Waals surface area (Å²) in [6.45, 7) is 2.88. The molecule has 2 aliphatic rings. The summed E-state index contributed by atoms with van der Waals surface area (Å²) < 4.78 is 0. The SMILES string of the molecule is CC1(C(=O)O)CCCCN1C(=O)NCC1CCCC1. The maximum atomic E-state index is 12.2. The highest BCUT2D eigenvalue weighted by molar-refractivity contribution is 5.86. The molecular weight excluding hydrogens is 244 g/mol. The van der Waals surface area contributed by atoms with E-state index in [1.807, 2.05) is 0 Å². The van der Waals surface area contributed by atoms with Crippen molar-refractivity contribution in [3.63, 3.8) is 0 Å². The fraction of sp³-hybridized carbons (Fsp3) is 0.857. The molecule has 2 amide bonds. The minimum atomic E-state index is -1.04. The Morgan fingerprint density at radius 1 is 1.26 bits per heavy atom. The topological polar surface area (TPSA) is 69.6 Å². The lowest BCUT2D eigenvalue weighted by molar-refractivity contribution is -0.150. The minimum absolute atomic E-state index is 0.212. The maximum absolute atomic E-state index is 12.2. The van der Waals surface area contributed by atoms with Crippen molar-refractivity contribution in [2.75, 3.05) is 13.1 Å². The molecule has 1 heterocycles. The van der Waals surface area contributed by atoms with Crippen LogP contribution in [-0.2, 0) is 4.79 Å². The number of carboxylic acid groups (broad SMARTS) is 1. The third kappa shape index (κ3) is 3.01. The fourth-order valence-electron chi connectivity index (χ4n) is 3.21. The van der Waals surface area contributed by atoms with E-state index in [2.05, 4.69) is 5.32 Å². The van der Waals surface area contributed by atoms with Crippen LogP contribution in [0.3, 0.4) is 0 Å². The summed E-state index contributed by atoms with van der Waals surface area (Å²) in [4.78, 5) is 25.2. The average Bonchev–Trinajstić information content (AvgIpc) is 2.89. The molecule has 5 heteroatoms. The lowest BCUT2D eigenvalue weighted by atomic mass is 9.89. The Morgan fingerprint density at radius 2 is 1.95 bits per heavy atom. The van der Waals surface area contributed by atoms with Crippen LogP contribution in [0.1, 0.15) is 51.9 Å². The van der Waals surface area contributed by atoms with Crippen LogP contribution in [-0.4, -0.2) is 40.6 Å². The quantitative estimate of drug-likeness (QED) is 0.824. The number of nitrogens with one attached hydrogen (secondary N) is 1. The predicted octanol–water partition coefficient (Wildman–Crippen LogP) is 2.22. The number of aliphatic carboxylic acids is 1. The van der Waals surface area contributed by atoms with Gasteiger partial charge in [-0.15, -0.1) is 0 Å². The molecule has 0 spiro atoms. The van der Waals surface area contributed by atoms with Crippen LogP contribution in [0, 0.1) is 5.92 Å². The van der Waals surface area contributed by atoms with Crippen molar-refractivity contribution in [2.45, 2.75) is 57.4 Å². The van der Waals surface area contributed by atoms with Crippen LogP contribution in [0.4, 0.5) is 4.79 Å². The van der Waals surface area contributed by atoms with Gasteiger partial charge in [0, 0.05) is 13.1 Å². The van der Waals surface area contributed by atoms with Crippen LogP contribution in [0.2, 0.25) is 0 Å². The van der Waals surface area contributed by atoms with Gasteiger partial charge in [-0.1, -0.05) is 12.8 Å². The summed E-state index contributed by atoms with van der Waals surface area (Å²) in [6, 6.07) is -0.212. The third-order valence-corrected chi connectivity index (χ3v) is 4.61. The highest BCUT2D eigenvalue weighted by Crippen LogP contribution is 2.28. The van der Waals surface area contributed by atoms with Gasteiger partial charge in [-0.3, -0.25) is 0 Å².